The van der Waals surface area contributed by atoms with Gasteiger partial charge >= 0.3 is 0 Å². The van der Waals surface area contributed by atoms with Gasteiger partial charge in [-0.25, -0.2) is 13.1 Å². The maximum atomic E-state index is 12.4. The van der Waals surface area contributed by atoms with E-state index in [0.717, 1.165) is 29.3 Å². The van der Waals surface area contributed by atoms with Crippen molar-refractivity contribution in [2.45, 2.75) is 51.5 Å². The summed E-state index contributed by atoms with van der Waals surface area (Å²) in [5, 5.41) is 0. The van der Waals surface area contributed by atoms with Crippen molar-refractivity contribution in [2.75, 3.05) is 6.54 Å². The van der Waals surface area contributed by atoms with Crippen LogP contribution in [0, 0.1) is 12.8 Å². The Morgan fingerprint density at radius 3 is 2.52 bits per heavy atom. The van der Waals surface area contributed by atoms with Gasteiger partial charge in [0.05, 0.1) is 4.90 Å². The van der Waals surface area contributed by atoms with Crippen LogP contribution in [0.5, 0.6) is 0 Å². The molecule has 0 saturated heterocycles. The van der Waals surface area contributed by atoms with Gasteiger partial charge in [-0.05, 0) is 42.5 Å². The Morgan fingerprint density at radius 2 is 1.95 bits per heavy atom. The summed E-state index contributed by atoms with van der Waals surface area (Å²) in [7, 11) is -3.48. The van der Waals surface area contributed by atoms with Gasteiger partial charge in [-0.3, -0.25) is 0 Å². The number of rotatable bonds is 8. The van der Waals surface area contributed by atoms with Crippen molar-refractivity contribution >= 4 is 26.0 Å². The zero-order valence-corrected chi connectivity index (χ0v) is 15.4. The lowest BCUT2D eigenvalue weighted by atomic mass is 10.1. The molecule has 1 aromatic rings. The van der Waals surface area contributed by atoms with Crippen molar-refractivity contribution in [2.24, 2.45) is 11.7 Å². The average Bonchev–Trinajstić information content (AvgIpc) is 2.40. The zero-order valence-electron chi connectivity index (χ0n) is 12.9. The molecular formula is C15H25BrN2O2S. The number of sulfonamides is 1. The second kappa shape index (κ2) is 8.27. The summed E-state index contributed by atoms with van der Waals surface area (Å²) in [6, 6.07) is 3.51. The molecule has 21 heavy (non-hydrogen) atoms. The number of hydrogen-bond donors (Lipinski definition) is 2. The van der Waals surface area contributed by atoms with E-state index in [1.807, 2.05) is 6.07 Å². The van der Waals surface area contributed by atoms with Gasteiger partial charge in [0.2, 0.25) is 10.0 Å². The van der Waals surface area contributed by atoms with Crippen molar-refractivity contribution in [1.29, 1.82) is 0 Å². The molecule has 6 heteroatoms. The van der Waals surface area contributed by atoms with Crippen LogP contribution in [0.1, 0.15) is 44.2 Å². The molecule has 3 N–H and O–H groups in total. The Labute approximate surface area is 136 Å². The summed E-state index contributed by atoms with van der Waals surface area (Å²) in [6.07, 6.45) is 3.01. The van der Waals surface area contributed by atoms with E-state index in [9.17, 15) is 8.42 Å². The predicted octanol–water partition coefficient (Wildman–Crippen LogP) is 3.32. The smallest absolute Gasteiger partial charge is 0.240 e. The van der Waals surface area contributed by atoms with Gasteiger partial charge in [0, 0.05) is 17.6 Å². The minimum atomic E-state index is -3.48. The van der Waals surface area contributed by atoms with Crippen LogP contribution in [0.25, 0.3) is 0 Å². The molecule has 0 saturated carbocycles. The van der Waals surface area contributed by atoms with Gasteiger partial charge in [-0.1, -0.05) is 42.6 Å². The molecule has 0 aliphatic rings. The fourth-order valence-electron chi connectivity index (χ4n) is 2.07. The first-order valence-corrected chi connectivity index (χ1v) is 9.54. The molecule has 0 radical (unpaired) electrons. The highest BCUT2D eigenvalue weighted by Gasteiger charge is 2.18. The number of halogens is 1. The molecule has 1 aromatic carbocycles. The van der Waals surface area contributed by atoms with Gasteiger partial charge < -0.3 is 5.73 Å². The minimum absolute atomic E-state index is 0.307. The molecule has 0 amide bonds. The van der Waals surface area contributed by atoms with Gasteiger partial charge in [0.1, 0.15) is 0 Å². The average molecular weight is 377 g/mol. The highest BCUT2D eigenvalue weighted by molar-refractivity contribution is 9.10. The molecule has 0 aliphatic carbocycles. The van der Waals surface area contributed by atoms with Gasteiger partial charge in [0.15, 0.2) is 0 Å². The van der Waals surface area contributed by atoms with Crippen LogP contribution in [0.4, 0.5) is 0 Å². The molecule has 0 heterocycles. The molecule has 0 aliphatic heterocycles. The summed E-state index contributed by atoms with van der Waals surface area (Å²) in [5.74, 6) is 0.654. The highest BCUT2D eigenvalue weighted by atomic mass is 79.9. The molecule has 120 valence electrons. The monoisotopic (exact) mass is 376 g/mol. The van der Waals surface area contributed by atoms with E-state index in [4.69, 9.17) is 5.73 Å². The highest BCUT2D eigenvalue weighted by Crippen LogP contribution is 2.25. The lowest BCUT2D eigenvalue weighted by Crippen LogP contribution is -2.26. The predicted molar refractivity (Wildman–Crippen MR) is 90.6 cm³/mol. The first-order chi connectivity index (χ1) is 9.77. The lowest BCUT2D eigenvalue weighted by molar-refractivity contribution is 0.530. The van der Waals surface area contributed by atoms with Crippen LogP contribution in [0.15, 0.2) is 21.5 Å². The summed E-state index contributed by atoms with van der Waals surface area (Å²) in [4.78, 5) is 0.307. The molecule has 4 nitrogen and oxygen atoms in total. The first-order valence-electron chi connectivity index (χ1n) is 7.26. The van der Waals surface area contributed by atoms with Crippen LogP contribution in [0.2, 0.25) is 0 Å². The quantitative estimate of drug-likeness (QED) is 0.683. The molecule has 0 atom stereocenters. The van der Waals surface area contributed by atoms with Crippen molar-refractivity contribution in [3.8, 4) is 0 Å². The van der Waals surface area contributed by atoms with E-state index in [1.54, 1.807) is 13.0 Å². The van der Waals surface area contributed by atoms with Crippen LogP contribution in [-0.2, 0) is 16.6 Å². The third-order valence-electron chi connectivity index (χ3n) is 3.38. The van der Waals surface area contributed by atoms with Crippen molar-refractivity contribution in [1.82, 2.24) is 4.72 Å². The number of nitrogens with two attached hydrogens (primary N) is 1. The van der Waals surface area contributed by atoms with Crippen LogP contribution < -0.4 is 10.5 Å². The third kappa shape index (κ3) is 5.70. The lowest BCUT2D eigenvalue weighted by Gasteiger charge is -2.12. The Balaban J connectivity index is 2.76. The SMILES string of the molecule is Cc1c(Br)cc(CN)cc1S(=O)(=O)NCCCCC(C)C. The number of hydrogen-bond acceptors (Lipinski definition) is 3. The molecular weight excluding hydrogens is 352 g/mol. The van der Waals surface area contributed by atoms with E-state index in [2.05, 4.69) is 34.5 Å². The maximum Gasteiger partial charge on any atom is 0.240 e. The summed E-state index contributed by atoms with van der Waals surface area (Å²) in [5.41, 5.74) is 7.12. The van der Waals surface area contributed by atoms with Crippen molar-refractivity contribution in [3.05, 3.63) is 27.7 Å². The Kier molecular flexibility index (Phi) is 7.33. The fraction of sp³-hybridized carbons (Fsp3) is 0.600. The van der Waals surface area contributed by atoms with E-state index in [1.165, 1.54) is 0 Å². The summed E-state index contributed by atoms with van der Waals surface area (Å²) in [6.45, 7) is 6.92. The Hall–Kier alpha value is -0.430. The van der Waals surface area contributed by atoms with Crippen molar-refractivity contribution in [3.63, 3.8) is 0 Å². The molecule has 0 aromatic heterocycles. The summed E-state index contributed by atoms with van der Waals surface area (Å²) < 4.78 is 28.2. The molecule has 0 fully saturated rings. The van der Waals surface area contributed by atoms with E-state index >= 15 is 0 Å². The number of benzene rings is 1. The van der Waals surface area contributed by atoms with Crippen molar-refractivity contribution < 1.29 is 8.42 Å². The van der Waals surface area contributed by atoms with Gasteiger partial charge in [-0.15, -0.1) is 0 Å². The Morgan fingerprint density at radius 1 is 1.29 bits per heavy atom. The first kappa shape index (κ1) is 18.6. The van der Waals surface area contributed by atoms with Crippen LogP contribution in [-0.4, -0.2) is 15.0 Å². The molecule has 0 bridgehead atoms. The van der Waals surface area contributed by atoms with E-state index < -0.39 is 10.0 Å². The standard InChI is InChI=1S/C15H25BrN2O2S/c1-11(2)6-4-5-7-18-21(19,20)15-9-13(10-17)8-14(16)12(15)3/h8-9,11,18H,4-7,10,17H2,1-3H3. The van der Waals surface area contributed by atoms with Gasteiger partial charge in [-0.2, -0.15) is 0 Å². The maximum absolute atomic E-state index is 12.4. The normalized spacial score (nSPS) is 12.1. The van der Waals surface area contributed by atoms with Crippen LogP contribution >= 0.6 is 15.9 Å². The zero-order chi connectivity index (χ0) is 16.0. The fourth-order valence-corrected chi connectivity index (χ4v) is 4.09. The second-order valence-electron chi connectivity index (χ2n) is 5.69. The minimum Gasteiger partial charge on any atom is -0.326 e. The molecule has 1 rings (SSSR count). The molecule has 0 unspecified atom stereocenters. The van der Waals surface area contributed by atoms with Crippen LogP contribution in [0.3, 0.4) is 0 Å². The largest absolute Gasteiger partial charge is 0.326 e. The summed E-state index contributed by atoms with van der Waals surface area (Å²) >= 11 is 3.39. The number of nitrogens with one attached hydrogen (secondary N) is 1. The number of unbranched alkanes of at least 4 members (excludes halogenated alkanes) is 1. The molecule has 0 spiro atoms. The Bertz CT molecular complexity index is 571. The van der Waals surface area contributed by atoms with E-state index in [-0.39, 0.29) is 0 Å². The second-order valence-corrected chi connectivity index (χ2v) is 8.28. The van der Waals surface area contributed by atoms with Gasteiger partial charge in [0.25, 0.3) is 0 Å². The topological polar surface area (TPSA) is 72.2 Å². The van der Waals surface area contributed by atoms with E-state index in [0.29, 0.717) is 29.5 Å². The third-order valence-corrected chi connectivity index (χ3v) is 5.79.